The molecule has 3 aromatic rings. The first-order chi connectivity index (χ1) is 13.0. The van der Waals surface area contributed by atoms with Crippen molar-refractivity contribution in [2.24, 2.45) is 0 Å². The fourth-order valence-electron chi connectivity index (χ4n) is 2.91. The first-order valence-corrected chi connectivity index (χ1v) is 8.60. The lowest BCUT2D eigenvalue weighted by atomic mass is 9.97. The molecule has 0 amide bonds. The summed E-state index contributed by atoms with van der Waals surface area (Å²) < 4.78 is 11.1. The molecule has 0 radical (unpaired) electrons. The van der Waals surface area contributed by atoms with Crippen LogP contribution in [0.1, 0.15) is 37.0 Å². The minimum Gasteiger partial charge on any atom is -0.478 e. The molecule has 6 heteroatoms. The van der Waals surface area contributed by atoms with Gasteiger partial charge in [-0.15, -0.1) is 0 Å². The van der Waals surface area contributed by atoms with Crippen molar-refractivity contribution in [3.8, 4) is 11.5 Å². The van der Waals surface area contributed by atoms with E-state index in [0.29, 0.717) is 16.2 Å². The number of benzene rings is 3. The summed E-state index contributed by atoms with van der Waals surface area (Å²) in [6.45, 7) is 3.33. The lowest BCUT2D eigenvalue weighted by molar-refractivity contribution is -0.134. The fraction of sp³-hybridized carbons (Fsp3) is 0.190. The third-order valence-corrected chi connectivity index (χ3v) is 4.19. The highest BCUT2D eigenvalue weighted by Gasteiger charge is 2.23. The number of carboxylic acids is 1. The van der Waals surface area contributed by atoms with E-state index in [4.69, 9.17) is 9.47 Å². The van der Waals surface area contributed by atoms with Gasteiger partial charge in [0.15, 0.2) is 0 Å². The zero-order valence-corrected chi connectivity index (χ0v) is 14.9. The second kappa shape index (κ2) is 7.45. The Balaban J connectivity index is 2.50. The van der Waals surface area contributed by atoms with Crippen molar-refractivity contribution >= 4 is 39.5 Å². The normalized spacial score (nSPS) is 10.7. The van der Waals surface area contributed by atoms with Gasteiger partial charge in [-0.1, -0.05) is 50.2 Å². The molecule has 0 bridgehead atoms. The molecule has 0 saturated heterocycles. The standard InChI is InChI=1S/C21H18O6/c1-3-16(22)26-19-12-8-5-6-9-13(12)20(27-17(23)4-2)18-14(19)10-7-11-15(18)21(24)25/h5-11H,3-4H2,1-2H3,(H,24,25). The summed E-state index contributed by atoms with van der Waals surface area (Å²) in [6.07, 6.45) is 0.304. The van der Waals surface area contributed by atoms with Crippen LogP contribution >= 0.6 is 0 Å². The van der Waals surface area contributed by atoms with Crippen LogP contribution in [-0.4, -0.2) is 23.0 Å². The predicted molar refractivity (Wildman–Crippen MR) is 100 cm³/mol. The number of esters is 2. The zero-order chi connectivity index (χ0) is 19.6. The number of carboxylic acid groups (broad SMARTS) is 1. The number of carbonyl (C=O) groups excluding carboxylic acids is 2. The molecule has 138 valence electrons. The van der Waals surface area contributed by atoms with Crippen molar-refractivity contribution < 1.29 is 29.0 Å². The lowest BCUT2D eigenvalue weighted by Gasteiger charge is -2.17. The quantitative estimate of drug-likeness (QED) is 0.411. The molecular formula is C21H18O6. The van der Waals surface area contributed by atoms with Gasteiger partial charge in [0.1, 0.15) is 11.5 Å². The van der Waals surface area contributed by atoms with E-state index in [1.807, 2.05) is 0 Å². The first-order valence-electron chi connectivity index (χ1n) is 8.60. The molecule has 1 N–H and O–H groups in total. The Morgan fingerprint density at radius 3 is 1.85 bits per heavy atom. The van der Waals surface area contributed by atoms with Gasteiger partial charge in [-0.3, -0.25) is 9.59 Å². The van der Waals surface area contributed by atoms with Crippen LogP contribution in [0.25, 0.3) is 21.5 Å². The predicted octanol–water partition coefficient (Wildman–Crippen LogP) is 4.32. The second-order valence-corrected chi connectivity index (χ2v) is 5.89. The van der Waals surface area contributed by atoms with E-state index in [1.54, 1.807) is 50.2 Å². The van der Waals surface area contributed by atoms with Gasteiger partial charge in [-0.25, -0.2) is 4.79 Å². The van der Waals surface area contributed by atoms with E-state index in [9.17, 15) is 19.5 Å². The van der Waals surface area contributed by atoms with Gasteiger partial charge in [0, 0.05) is 34.4 Å². The van der Waals surface area contributed by atoms with Gasteiger partial charge in [0.05, 0.1) is 5.56 Å². The van der Waals surface area contributed by atoms with Gasteiger partial charge in [-0.05, 0) is 6.07 Å². The van der Waals surface area contributed by atoms with Crippen LogP contribution in [0.5, 0.6) is 11.5 Å². The molecule has 0 unspecified atom stereocenters. The van der Waals surface area contributed by atoms with Crippen molar-refractivity contribution in [1.82, 2.24) is 0 Å². The molecule has 0 saturated carbocycles. The van der Waals surface area contributed by atoms with Crippen molar-refractivity contribution in [3.63, 3.8) is 0 Å². The molecule has 0 spiro atoms. The molecule has 0 aliphatic heterocycles. The summed E-state index contributed by atoms with van der Waals surface area (Å²) in [6, 6.07) is 11.6. The number of aromatic carboxylic acids is 1. The minimum atomic E-state index is -1.17. The van der Waals surface area contributed by atoms with E-state index in [0.717, 1.165) is 0 Å². The van der Waals surface area contributed by atoms with Crippen LogP contribution in [0.2, 0.25) is 0 Å². The molecule has 0 aromatic heterocycles. The number of hydrogen-bond donors (Lipinski definition) is 1. The van der Waals surface area contributed by atoms with Crippen molar-refractivity contribution in [2.75, 3.05) is 0 Å². The number of carbonyl (C=O) groups is 3. The Kier molecular flexibility index (Phi) is 5.07. The summed E-state index contributed by atoms with van der Waals surface area (Å²) in [5.74, 6) is -1.69. The third-order valence-electron chi connectivity index (χ3n) is 4.19. The van der Waals surface area contributed by atoms with Crippen LogP contribution in [-0.2, 0) is 9.59 Å². The highest BCUT2D eigenvalue weighted by atomic mass is 16.5. The maximum atomic E-state index is 12.0. The SMILES string of the molecule is CCC(=O)Oc1c2ccccc2c(OC(=O)CC)c2c(C(=O)O)cccc12. The number of rotatable bonds is 5. The van der Waals surface area contributed by atoms with Crippen molar-refractivity contribution in [3.05, 3.63) is 48.0 Å². The van der Waals surface area contributed by atoms with Crippen LogP contribution in [0.15, 0.2) is 42.5 Å². The molecule has 0 aliphatic carbocycles. The molecule has 0 fully saturated rings. The van der Waals surface area contributed by atoms with Crippen LogP contribution in [0.3, 0.4) is 0 Å². The van der Waals surface area contributed by atoms with Crippen molar-refractivity contribution in [1.29, 1.82) is 0 Å². The average Bonchev–Trinajstić information content (AvgIpc) is 2.69. The molecule has 0 atom stereocenters. The maximum Gasteiger partial charge on any atom is 0.336 e. The Hall–Kier alpha value is -3.41. The Labute approximate surface area is 155 Å². The largest absolute Gasteiger partial charge is 0.478 e. The monoisotopic (exact) mass is 366 g/mol. The Morgan fingerprint density at radius 1 is 0.778 bits per heavy atom. The van der Waals surface area contributed by atoms with Crippen LogP contribution in [0, 0.1) is 0 Å². The molecular weight excluding hydrogens is 348 g/mol. The zero-order valence-electron chi connectivity index (χ0n) is 14.9. The topological polar surface area (TPSA) is 89.9 Å². The molecule has 3 aromatic carbocycles. The van der Waals surface area contributed by atoms with E-state index in [2.05, 4.69) is 0 Å². The molecule has 0 heterocycles. The summed E-state index contributed by atoms with van der Waals surface area (Å²) in [5, 5.41) is 11.3. The van der Waals surface area contributed by atoms with Gasteiger partial charge >= 0.3 is 17.9 Å². The van der Waals surface area contributed by atoms with E-state index >= 15 is 0 Å². The third kappa shape index (κ3) is 3.33. The number of fused-ring (bicyclic) bond motifs is 2. The summed E-state index contributed by atoms with van der Waals surface area (Å²) in [4.78, 5) is 35.8. The smallest absolute Gasteiger partial charge is 0.336 e. The number of hydrogen-bond acceptors (Lipinski definition) is 5. The number of ether oxygens (including phenoxy) is 2. The molecule has 0 aliphatic rings. The summed E-state index contributed by atoms with van der Waals surface area (Å²) in [5.41, 5.74) is -0.0362. The molecule has 6 nitrogen and oxygen atoms in total. The van der Waals surface area contributed by atoms with Gasteiger partial charge < -0.3 is 14.6 Å². The van der Waals surface area contributed by atoms with E-state index < -0.39 is 17.9 Å². The molecule has 27 heavy (non-hydrogen) atoms. The Morgan fingerprint density at radius 2 is 1.30 bits per heavy atom. The van der Waals surface area contributed by atoms with Crippen molar-refractivity contribution in [2.45, 2.75) is 26.7 Å². The minimum absolute atomic E-state index is 0.0362. The summed E-state index contributed by atoms with van der Waals surface area (Å²) in [7, 11) is 0. The fourth-order valence-corrected chi connectivity index (χ4v) is 2.91. The van der Waals surface area contributed by atoms with Crippen LogP contribution < -0.4 is 9.47 Å². The van der Waals surface area contributed by atoms with Crippen LogP contribution in [0.4, 0.5) is 0 Å². The van der Waals surface area contributed by atoms with Gasteiger partial charge in [0.25, 0.3) is 0 Å². The van der Waals surface area contributed by atoms with Gasteiger partial charge in [0.2, 0.25) is 0 Å². The maximum absolute atomic E-state index is 12.0. The molecule has 3 rings (SSSR count). The summed E-state index contributed by atoms with van der Waals surface area (Å²) >= 11 is 0. The van der Waals surface area contributed by atoms with E-state index in [1.165, 1.54) is 6.07 Å². The van der Waals surface area contributed by atoms with E-state index in [-0.39, 0.29) is 35.3 Å². The highest BCUT2D eigenvalue weighted by molar-refractivity contribution is 6.18. The van der Waals surface area contributed by atoms with Gasteiger partial charge in [-0.2, -0.15) is 0 Å². The second-order valence-electron chi connectivity index (χ2n) is 5.89. The lowest BCUT2D eigenvalue weighted by Crippen LogP contribution is -2.10. The average molecular weight is 366 g/mol. The highest BCUT2D eigenvalue weighted by Crippen LogP contribution is 2.44. The Bertz CT molecular complexity index is 1070. The first kappa shape index (κ1) is 18.4.